The molecule has 0 aromatic carbocycles. The Labute approximate surface area is 80.8 Å². The second-order valence-corrected chi connectivity index (χ2v) is 4.55. The first-order chi connectivity index (χ1) is 5.20. The Kier molecular flexibility index (Phi) is 3.62. The van der Waals surface area contributed by atoms with Crippen molar-refractivity contribution >= 4 is 28.6 Å². The predicted octanol–water partition coefficient (Wildman–Crippen LogP) is 2.30. The highest BCUT2D eigenvalue weighted by Crippen LogP contribution is 2.27. The third kappa shape index (κ3) is 2.97. The van der Waals surface area contributed by atoms with E-state index in [1.54, 1.807) is 0 Å². The van der Waals surface area contributed by atoms with E-state index in [1.807, 2.05) is 0 Å². The quantitative estimate of drug-likeness (QED) is 0.414. The van der Waals surface area contributed by atoms with Crippen molar-refractivity contribution in [2.45, 2.75) is 42.6 Å². The number of rotatable bonds is 1. The van der Waals surface area contributed by atoms with Gasteiger partial charge >= 0.3 is 5.97 Å². The van der Waals surface area contributed by atoms with Crippen LogP contribution in [0.3, 0.4) is 0 Å². The average Bonchev–Trinajstić information content (AvgIpc) is 1.93. The molecule has 1 aliphatic rings. The van der Waals surface area contributed by atoms with Crippen molar-refractivity contribution < 1.29 is 9.53 Å². The van der Waals surface area contributed by atoms with Crippen molar-refractivity contribution in [3.8, 4) is 0 Å². The SMILES string of the molecule is CC(=O)OC1CCCCC1I. The molecule has 1 aliphatic carbocycles. The van der Waals surface area contributed by atoms with Crippen molar-refractivity contribution in [2.75, 3.05) is 0 Å². The zero-order valence-corrected chi connectivity index (χ0v) is 8.84. The molecule has 0 aliphatic heterocycles. The number of hydrogen-bond acceptors (Lipinski definition) is 2. The van der Waals surface area contributed by atoms with E-state index in [2.05, 4.69) is 22.6 Å². The van der Waals surface area contributed by atoms with E-state index in [4.69, 9.17) is 4.74 Å². The Morgan fingerprint density at radius 3 is 2.64 bits per heavy atom. The molecule has 0 radical (unpaired) electrons. The minimum Gasteiger partial charge on any atom is -0.461 e. The van der Waals surface area contributed by atoms with Gasteiger partial charge in [-0.2, -0.15) is 0 Å². The first-order valence-electron chi connectivity index (χ1n) is 4.01. The Morgan fingerprint density at radius 2 is 2.09 bits per heavy atom. The molecule has 3 heteroatoms. The number of halogens is 1. The second-order valence-electron chi connectivity index (χ2n) is 2.95. The molecule has 2 atom stereocenters. The van der Waals surface area contributed by atoms with Crippen LogP contribution in [0.2, 0.25) is 0 Å². The summed E-state index contributed by atoms with van der Waals surface area (Å²) in [6, 6.07) is 0. The molecule has 1 fully saturated rings. The third-order valence-electron chi connectivity index (χ3n) is 1.94. The van der Waals surface area contributed by atoms with Crippen LogP contribution < -0.4 is 0 Å². The molecule has 64 valence electrons. The van der Waals surface area contributed by atoms with Gasteiger partial charge in [0.1, 0.15) is 6.10 Å². The molecule has 1 rings (SSSR count). The molecular formula is C8H13IO2. The number of carbonyl (C=O) groups is 1. The largest absolute Gasteiger partial charge is 0.461 e. The molecule has 0 N–H and O–H groups in total. The van der Waals surface area contributed by atoms with Gasteiger partial charge in [0, 0.05) is 10.8 Å². The van der Waals surface area contributed by atoms with E-state index in [-0.39, 0.29) is 12.1 Å². The van der Waals surface area contributed by atoms with Gasteiger partial charge in [-0.3, -0.25) is 4.79 Å². The van der Waals surface area contributed by atoms with Crippen molar-refractivity contribution in [3.63, 3.8) is 0 Å². The fraction of sp³-hybridized carbons (Fsp3) is 0.875. The predicted molar refractivity (Wildman–Crippen MR) is 51.8 cm³/mol. The molecule has 0 heterocycles. The van der Waals surface area contributed by atoms with Crippen molar-refractivity contribution in [2.24, 2.45) is 0 Å². The van der Waals surface area contributed by atoms with Crippen LogP contribution >= 0.6 is 22.6 Å². The second kappa shape index (κ2) is 4.28. The van der Waals surface area contributed by atoms with Gasteiger partial charge in [0.25, 0.3) is 0 Å². The van der Waals surface area contributed by atoms with Crippen LogP contribution in [-0.2, 0) is 9.53 Å². The van der Waals surface area contributed by atoms with Crippen LogP contribution in [0.15, 0.2) is 0 Å². The first-order valence-corrected chi connectivity index (χ1v) is 5.26. The van der Waals surface area contributed by atoms with Gasteiger partial charge in [-0.1, -0.05) is 29.0 Å². The van der Waals surface area contributed by atoms with E-state index in [0.717, 1.165) is 6.42 Å². The molecule has 2 unspecified atom stereocenters. The van der Waals surface area contributed by atoms with Crippen LogP contribution in [-0.4, -0.2) is 16.0 Å². The fourth-order valence-corrected chi connectivity index (χ4v) is 2.34. The highest BCUT2D eigenvalue weighted by atomic mass is 127. The number of ether oxygens (including phenoxy) is 1. The summed E-state index contributed by atoms with van der Waals surface area (Å²) in [6.45, 7) is 1.48. The van der Waals surface area contributed by atoms with Gasteiger partial charge in [-0.05, 0) is 19.3 Å². The third-order valence-corrected chi connectivity index (χ3v) is 3.36. The Balaban J connectivity index is 2.35. The van der Waals surface area contributed by atoms with Gasteiger partial charge in [0.05, 0.1) is 0 Å². The summed E-state index contributed by atoms with van der Waals surface area (Å²) < 4.78 is 5.69. The zero-order valence-electron chi connectivity index (χ0n) is 6.68. The van der Waals surface area contributed by atoms with Gasteiger partial charge < -0.3 is 4.74 Å². The van der Waals surface area contributed by atoms with Crippen molar-refractivity contribution in [1.82, 2.24) is 0 Å². The van der Waals surface area contributed by atoms with Gasteiger partial charge in [0.15, 0.2) is 0 Å². The Morgan fingerprint density at radius 1 is 1.45 bits per heavy atom. The number of carbonyl (C=O) groups excluding carboxylic acids is 1. The summed E-state index contributed by atoms with van der Waals surface area (Å²) in [7, 11) is 0. The molecule has 0 aromatic heterocycles. The lowest BCUT2D eigenvalue weighted by Gasteiger charge is -2.26. The summed E-state index contributed by atoms with van der Waals surface area (Å²) in [4.78, 5) is 10.6. The standard InChI is InChI=1S/C8H13IO2/c1-6(10)11-8-5-3-2-4-7(8)9/h7-8H,2-5H2,1H3. The molecule has 0 spiro atoms. The zero-order chi connectivity index (χ0) is 8.27. The maximum atomic E-state index is 10.6. The smallest absolute Gasteiger partial charge is 0.302 e. The highest BCUT2D eigenvalue weighted by Gasteiger charge is 2.24. The van der Waals surface area contributed by atoms with Gasteiger partial charge in [-0.15, -0.1) is 0 Å². The molecule has 2 nitrogen and oxygen atoms in total. The normalized spacial score (nSPS) is 31.5. The van der Waals surface area contributed by atoms with Gasteiger partial charge in [0.2, 0.25) is 0 Å². The summed E-state index contributed by atoms with van der Waals surface area (Å²) >= 11 is 2.37. The van der Waals surface area contributed by atoms with E-state index < -0.39 is 0 Å². The van der Waals surface area contributed by atoms with Gasteiger partial charge in [-0.25, -0.2) is 0 Å². The molecule has 0 saturated heterocycles. The lowest BCUT2D eigenvalue weighted by atomic mass is 9.98. The van der Waals surface area contributed by atoms with E-state index in [9.17, 15) is 4.79 Å². The molecular weight excluding hydrogens is 255 g/mol. The molecule has 1 saturated carbocycles. The van der Waals surface area contributed by atoms with Crippen molar-refractivity contribution in [1.29, 1.82) is 0 Å². The molecule has 0 bridgehead atoms. The van der Waals surface area contributed by atoms with Crippen molar-refractivity contribution in [3.05, 3.63) is 0 Å². The topological polar surface area (TPSA) is 26.3 Å². The summed E-state index contributed by atoms with van der Waals surface area (Å²) in [6.07, 6.45) is 4.91. The minimum atomic E-state index is -0.140. The minimum absolute atomic E-state index is 0.140. The first kappa shape index (κ1) is 9.29. The number of esters is 1. The maximum absolute atomic E-state index is 10.6. The molecule has 0 aromatic rings. The van der Waals surface area contributed by atoms with E-state index >= 15 is 0 Å². The fourth-order valence-electron chi connectivity index (χ4n) is 1.40. The van der Waals surface area contributed by atoms with Crippen LogP contribution in [0.1, 0.15) is 32.6 Å². The average molecular weight is 268 g/mol. The van der Waals surface area contributed by atoms with Crippen LogP contribution in [0.4, 0.5) is 0 Å². The highest BCUT2D eigenvalue weighted by molar-refractivity contribution is 14.1. The summed E-state index contributed by atoms with van der Waals surface area (Å²) in [5, 5.41) is 0. The van der Waals surface area contributed by atoms with Crippen LogP contribution in [0.25, 0.3) is 0 Å². The monoisotopic (exact) mass is 268 g/mol. The Hall–Kier alpha value is 0.200. The number of alkyl halides is 1. The molecule has 11 heavy (non-hydrogen) atoms. The Bertz CT molecular complexity index is 147. The van der Waals surface area contributed by atoms with E-state index in [1.165, 1.54) is 26.2 Å². The summed E-state index contributed by atoms with van der Waals surface area (Å²) in [5.41, 5.74) is 0. The van der Waals surface area contributed by atoms with Crippen LogP contribution in [0.5, 0.6) is 0 Å². The maximum Gasteiger partial charge on any atom is 0.302 e. The lowest BCUT2D eigenvalue weighted by Crippen LogP contribution is -2.29. The van der Waals surface area contributed by atoms with E-state index in [0.29, 0.717) is 3.92 Å². The van der Waals surface area contributed by atoms with Crippen LogP contribution in [0, 0.1) is 0 Å². The number of hydrogen-bond donors (Lipinski definition) is 0. The summed E-state index contributed by atoms with van der Waals surface area (Å²) in [5.74, 6) is -0.140. The lowest BCUT2D eigenvalue weighted by molar-refractivity contribution is -0.147. The molecule has 0 amide bonds.